The topological polar surface area (TPSA) is 67.5 Å². The fourth-order valence-electron chi connectivity index (χ4n) is 3.48. The van der Waals surface area contributed by atoms with E-state index in [2.05, 4.69) is 59.1 Å². The van der Waals surface area contributed by atoms with Crippen molar-refractivity contribution in [1.82, 2.24) is 14.9 Å². The van der Waals surface area contributed by atoms with Crippen molar-refractivity contribution < 1.29 is 4.74 Å². The first-order chi connectivity index (χ1) is 15.1. The van der Waals surface area contributed by atoms with Crippen LogP contribution in [0, 0.1) is 6.92 Å². The van der Waals surface area contributed by atoms with Gasteiger partial charge >= 0.3 is 0 Å². The molecule has 31 heavy (non-hydrogen) atoms. The molecule has 1 aliphatic rings. The minimum atomic E-state index is 0.471. The lowest BCUT2D eigenvalue weighted by Gasteiger charge is -2.32. The number of aromatic nitrogens is 2. The Hall–Kier alpha value is -2.61. The van der Waals surface area contributed by atoms with Gasteiger partial charge in [0.15, 0.2) is 0 Å². The second-order valence-electron chi connectivity index (χ2n) is 7.81. The number of ether oxygens (including phenoxy) is 1. The van der Waals surface area contributed by atoms with Gasteiger partial charge in [-0.3, -0.25) is 0 Å². The van der Waals surface area contributed by atoms with E-state index >= 15 is 0 Å². The first kappa shape index (κ1) is 21.6. The molecule has 162 valence electrons. The van der Waals surface area contributed by atoms with Gasteiger partial charge in [-0.2, -0.15) is 4.98 Å². The Kier molecular flexibility index (Phi) is 7.06. The first-order valence-electron chi connectivity index (χ1n) is 10.6. The molecule has 0 radical (unpaired) electrons. The molecule has 1 aliphatic heterocycles. The fourth-order valence-corrected chi connectivity index (χ4v) is 4.37. The van der Waals surface area contributed by atoms with Crippen LogP contribution in [0.1, 0.15) is 16.7 Å². The van der Waals surface area contributed by atoms with Gasteiger partial charge in [0.1, 0.15) is 6.61 Å². The lowest BCUT2D eigenvalue weighted by Crippen LogP contribution is -2.45. The van der Waals surface area contributed by atoms with Crippen LogP contribution in [-0.2, 0) is 13.2 Å². The molecule has 0 spiro atoms. The van der Waals surface area contributed by atoms with Gasteiger partial charge in [-0.1, -0.05) is 54.2 Å². The monoisotopic (exact) mass is 435 g/mol. The molecular weight excluding hydrogens is 406 g/mol. The lowest BCUT2D eigenvalue weighted by atomic mass is 10.1. The number of aryl methyl sites for hydroxylation is 1. The summed E-state index contributed by atoms with van der Waals surface area (Å²) in [5, 5.41) is 0. The van der Waals surface area contributed by atoms with Crippen LogP contribution in [0.4, 0.5) is 5.95 Å². The lowest BCUT2D eigenvalue weighted by molar-refractivity contribution is 0.283. The number of nitrogens with zero attached hydrogens (tertiary/aromatic N) is 4. The maximum Gasteiger partial charge on any atom is 0.232 e. The predicted molar refractivity (Wildman–Crippen MR) is 126 cm³/mol. The average Bonchev–Trinajstić information content (AvgIpc) is 2.81. The van der Waals surface area contributed by atoms with E-state index in [1.54, 1.807) is 11.8 Å². The highest BCUT2D eigenvalue weighted by molar-refractivity contribution is 7.99. The minimum absolute atomic E-state index is 0.471. The molecule has 1 saturated heterocycles. The molecule has 3 aromatic rings. The van der Waals surface area contributed by atoms with E-state index in [0.717, 1.165) is 53.0 Å². The van der Waals surface area contributed by atoms with Gasteiger partial charge < -0.3 is 20.3 Å². The number of hydrogen-bond donors (Lipinski definition) is 1. The smallest absolute Gasteiger partial charge is 0.232 e. The summed E-state index contributed by atoms with van der Waals surface area (Å²) in [6, 6.07) is 16.5. The van der Waals surface area contributed by atoms with Crippen molar-refractivity contribution in [2.24, 2.45) is 5.73 Å². The van der Waals surface area contributed by atoms with E-state index in [4.69, 9.17) is 15.5 Å². The van der Waals surface area contributed by atoms with E-state index in [1.807, 2.05) is 24.4 Å². The van der Waals surface area contributed by atoms with Crippen molar-refractivity contribution in [3.8, 4) is 5.88 Å². The number of rotatable bonds is 7. The maximum absolute atomic E-state index is 6.20. The van der Waals surface area contributed by atoms with Gasteiger partial charge in [0.2, 0.25) is 11.8 Å². The van der Waals surface area contributed by atoms with Gasteiger partial charge in [-0.15, -0.1) is 0 Å². The molecule has 2 heterocycles. The Morgan fingerprint density at radius 2 is 1.77 bits per heavy atom. The molecule has 4 rings (SSSR count). The Bertz CT molecular complexity index is 1010. The molecule has 2 aromatic carbocycles. The van der Waals surface area contributed by atoms with E-state index in [0.29, 0.717) is 19.0 Å². The summed E-state index contributed by atoms with van der Waals surface area (Å²) in [4.78, 5) is 16.1. The van der Waals surface area contributed by atoms with Crippen LogP contribution in [0.5, 0.6) is 5.88 Å². The fraction of sp³-hybridized carbons (Fsp3) is 0.333. The van der Waals surface area contributed by atoms with Crippen molar-refractivity contribution in [3.05, 3.63) is 71.4 Å². The standard InChI is InChI=1S/C24H29N5OS/c1-18-14-20(15-25)8-9-21(18)31-22-16-26-24(29-12-10-28(2)11-13-29)27-23(22)30-17-19-6-4-3-5-7-19/h3-9,14,16H,10-13,15,17,25H2,1-2H3. The number of piperazine rings is 1. The zero-order valence-corrected chi connectivity index (χ0v) is 18.9. The third kappa shape index (κ3) is 5.55. The summed E-state index contributed by atoms with van der Waals surface area (Å²) >= 11 is 1.63. The summed E-state index contributed by atoms with van der Waals surface area (Å²) in [7, 11) is 2.14. The molecule has 1 fully saturated rings. The van der Waals surface area contributed by atoms with Crippen LogP contribution in [0.3, 0.4) is 0 Å². The molecule has 0 aliphatic carbocycles. The van der Waals surface area contributed by atoms with Gasteiger partial charge in [0.25, 0.3) is 0 Å². The zero-order valence-electron chi connectivity index (χ0n) is 18.1. The van der Waals surface area contributed by atoms with Crippen LogP contribution >= 0.6 is 11.8 Å². The Labute approximate surface area is 188 Å². The van der Waals surface area contributed by atoms with Crippen molar-refractivity contribution in [2.75, 3.05) is 38.1 Å². The quantitative estimate of drug-likeness (QED) is 0.606. The van der Waals surface area contributed by atoms with Crippen LogP contribution in [0.15, 0.2) is 64.5 Å². The van der Waals surface area contributed by atoms with Crippen molar-refractivity contribution in [2.45, 2.75) is 29.9 Å². The highest BCUT2D eigenvalue weighted by atomic mass is 32.2. The molecule has 0 unspecified atom stereocenters. The summed E-state index contributed by atoms with van der Waals surface area (Å²) < 4.78 is 6.20. The Morgan fingerprint density at radius 1 is 1.00 bits per heavy atom. The number of hydrogen-bond acceptors (Lipinski definition) is 7. The molecule has 0 atom stereocenters. The molecule has 1 aromatic heterocycles. The molecule has 0 bridgehead atoms. The number of nitrogens with two attached hydrogens (primary N) is 1. The number of benzene rings is 2. The van der Waals surface area contributed by atoms with Gasteiger partial charge in [0.05, 0.1) is 11.1 Å². The van der Waals surface area contributed by atoms with Crippen molar-refractivity contribution in [1.29, 1.82) is 0 Å². The van der Waals surface area contributed by atoms with E-state index in [1.165, 1.54) is 5.56 Å². The Balaban J connectivity index is 1.59. The van der Waals surface area contributed by atoms with Gasteiger partial charge in [-0.05, 0) is 36.7 Å². The Morgan fingerprint density at radius 3 is 2.48 bits per heavy atom. The molecule has 0 amide bonds. The van der Waals surface area contributed by atoms with E-state index in [-0.39, 0.29) is 0 Å². The van der Waals surface area contributed by atoms with Crippen LogP contribution < -0.4 is 15.4 Å². The number of anilines is 1. The van der Waals surface area contributed by atoms with Crippen LogP contribution in [-0.4, -0.2) is 48.1 Å². The van der Waals surface area contributed by atoms with Crippen molar-refractivity contribution >= 4 is 17.7 Å². The second kappa shape index (κ2) is 10.1. The predicted octanol–water partition coefficient (Wildman–Crippen LogP) is 3.73. The van der Waals surface area contributed by atoms with Gasteiger partial charge in [-0.25, -0.2) is 4.98 Å². The summed E-state index contributed by atoms with van der Waals surface area (Å²) in [5.41, 5.74) is 9.21. The van der Waals surface area contributed by atoms with Crippen LogP contribution in [0.2, 0.25) is 0 Å². The van der Waals surface area contributed by atoms with Crippen molar-refractivity contribution in [3.63, 3.8) is 0 Å². The largest absolute Gasteiger partial charge is 0.472 e. The SMILES string of the molecule is Cc1cc(CN)ccc1Sc1cnc(N2CCN(C)CC2)nc1OCc1ccccc1. The molecule has 0 saturated carbocycles. The third-order valence-electron chi connectivity index (χ3n) is 5.41. The maximum atomic E-state index is 6.20. The minimum Gasteiger partial charge on any atom is -0.472 e. The van der Waals surface area contributed by atoms with Gasteiger partial charge in [0, 0.05) is 37.6 Å². The number of likely N-dealkylation sites (N-methyl/N-ethyl adjacent to an activating group) is 1. The second-order valence-corrected chi connectivity index (χ2v) is 8.89. The first-order valence-corrected chi connectivity index (χ1v) is 11.4. The highest BCUT2D eigenvalue weighted by Crippen LogP contribution is 2.36. The molecular formula is C24H29N5OS. The summed E-state index contributed by atoms with van der Waals surface area (Å²) in [5.74, 6) is 1.36. The molecule has 7 heteroatoms. The molecule has 2 N–H and O–H groups in total. The van der Waals surface area contributed by atoms with E-state index < -0.39 is 0 Å². The summed E-state index contributed by atoms with van der Waals surface area (Å²) in [6.45, 7) is 6.96. The normalized spacial score (nSPS) is 14.6. The average molecular weight is 436 g/mol. The molecule has 6 nitrogen and oxygen atoms in total. The van der Waals surface area contributed by atoms with Crippen LogP contribution in [0.25, 0.3) is 0 Å². The highest BCUT2D eigenvalue weighted by Gasteiger charge is 2.19. The third-order valence-corrected chi connectivity index (χ3v) is 6.59. The zero-order chi connectivity index (χ0) is 21.6. The summed E-state index contributed by atoms with van der Waals surface area (Å²) in [6.07, 6.45) is 1.89. The van der Waals surface area contributed by atoms with E-state index in [9.17, 15) is 0 Å².